The van der Waals surface area contributed by atoms with Crippen LogP contribution < -0.4 is 19.8 Å². The van der Waals surface area contributed by atoms with E-state index in [0.29, 0.717) is 26.8 Å². The van der Waals surface area contributed by atoms with Gasteiger partial charge in [0.1, 0.15) is 11.8 Å². The summed E-state index contributed by atoms with van der Waals surface area (Å²) < 4.78 is 7.50. The first-order valence-electron chi connectivity index (χ1n) is 12.5. The lowest BCUT2D eigenvalue weighted by molar-refractivity contribution is -0.122. The van der Waals surface area contributed by atoms with Gasteiger partial charge in [-0.2, -0.15) is 0 Å². The molecule has 4 aromatic rings. The van der Waals surface area contributed by atoms with E-state index >= 15 is 0 Å². The maximum atomic E-state index is 14.0. The number of carbonyl (C=O) groups is 3. The minimum Gasteiger partial charge on any atom is -0.504 e. The van der Waals surface area contributed by atoms with Crippen molar-refractivity contribution in [1.29, 1.82) is 0 Å². The largest absolute Gasteiger partial charge is 0.504 e. The third-order valence-corrected chi connectivity index (χ3v) is 10.2. The van der Waals surface area contributed by atoms with Crippen molar-refractivity contribution in [2.24, 2.45) is 5.92 Å². The Kier molecular flexibility index (Phi) is 7.22. The zero-order valence-electron chi connectivity index (χ0n) is 21.4. The number of para-hydroxylation sites is 1. The van der Waals surface area contributed by atoms with Crippen LogP contribution in [0.5, 0.6) is 11.5 Å². The highest BCUT2D eigenvalue weighted by Crippen LogP contribution is 2.54. The van der Waals surface area contributed by atoms with Gasteiger partial charge in [-0.3, -0.25) is 23.7 Å². The molecule has 1 saturated heterocycles. The SMILES string of the molecule is COc1cc([C@@H]2c3sc(=O)n(CC(=O)Nc4ccccc4)c3S[C@@H]3C(=O)N(c4ccc(Br)cc4)C(=O)[C@H]23)ccc1O. The molecule has 3 amide bonds. The summed E-state index contributed by atoms with van der Waals surface area (Å²) in [5, 5.41) is 12.7. The molecule has 9 nitrogen and oxygen atoms in total. The molecule has 2 N–H and O–H groups in total. The van der Waals surface area contributed by atoms with Gasteiger partial charge in [-0.1, -0.05) is 63.3 Å². The molecular formula is C29H22BrN3O6S2. The zero-order valence-corrected chi connectivity index (χ0v) is 24.7. The second-order valence-electron chi connectivity index (χ2n) is 9.50. The maximum Gasteiger partial charge on any atom is 0.308 e. The number of ether oxygens (including phenoxy) is 1. The van der Waals surface area contributed by atoms with Crippen molar-refractivity contribution < 1.29 is 24.2 Å². The second kappa shape index (κ2) is 10.8. The minimum absolute atomic E-state index is 0.0770. The van der Waals surface area contributed by atoms with Crippen molar-refractivity contribution in [2.75, 3.05) is 17.3 Å². The van der Waals surface area contributed by atoms with Gasteiger partial charge in [0.25, 0.3) is 0 Å². The number of halogens is 1. The van der Waals surface area contributed by atoms with E-state index in [2.05, 4.69) is 21.2 Å². The highest BCUT2D eigenvalue weighted by Gasteiger charge is 2.57. The smallest absolute Gasteiger partial charge is 0.308 e. The predicted molar refractivity (Wildman–Crippen MR) is 160 cm³/mol. The van der Waals surface area contributed by atoms with Gasteiger partial charge < -0.3 is 15.2 Å². The normalized spacial score (nSPS) is 19.6. The Labute approximate surface area is 250 Å². The predicted octanol–water partition coefficient (Wildman–Crippen LogP) is 4.82. The Bertz CT molecular complexity index is 1740. The Balaban J connectivity index is 1.44. The average Bonchev–Trinajstić information content (AvgIpc) is 3.40. The molecular weight excluding hydrogens is 630 g/mol. The van der Waals surface area contributed by atoms with Crippen LogP contribution in [0.4, 0.5) is 11.4 Å². The number of phenolic OH excluding ortho intramolecular Hbond substituents is 1. The lowest BCUT2D eigenvalue weighted by atomic mass is 9.83. The third kappa shape index (κ3) is 4.85. The van der Waals surface area contributed by atoms with Gasteiger partial charge in [-0.25, -0.2) is 4.90 Å². The van der Waals surface area contributed by atoms with E-state index < -0.39 is 28.9 Å². The Morgan fingerprint density at radius 1 is 1.02 bits per heavy atom. The van der Waals surface area contributed by atoms with Gasteiger partial charge in [-0.15, -0.1) is 0 Å². The van der Waals surface area contributed by atoms with Crippen LogP contribution in [0, 0.1) is 5.92 Å². The van der Waals surface area contributed by atoms with Gasteiger partial charge in [0.15, 0.2) is 11.5 Å². The topological polar surface area (TPSA) is 118 Å². The Morgan fingerprint density at radius 2 is 1.76 bits per heavy atom. The number of anilines is 2. The third-order valence-electron chi connectivity index (χ3n) is 7.06. The van der Waals surface area contributed by atoms with Gasteiger partial charge in [0, 0.05) is 21.0 Å². The van der Waals surface area contributed by atoms with Crippen LogP contribution in [0.1, 0.15) is 16.4 Å². The molecule has 0 aliphatic carbocycles. The number of rotatable bonds is 6. The molecule has 208 valence electrons. The van der Waals surface area contributed by atoms with E-state index in [1.54, 1.807) is 60.7 Å². The van der Waals surface area contributed by atoms with Gasteiger partial charge in [0.05, 0.1) is 23.7 Å². The Morgan fingerprint density at radius 3 is 2.46 bits per heavy atom. The van der Waals surface area contributed by atoms with Crippen LogP contribution in [-0.2, 0) is 20.9 Å². The lowest BCUT2D eigenvalue weighted by Crippen LogP contribution is -2.33. The summed E-state index contributed by atoms with van der Waals surface area (Å²) in [5.41, 5.74) is 1.65. The summed E-state index contributed by atoms with van der Waals surface area (Å²) in [6.45, 7) is -0.256. The quantitative estimate of drug-likeness (QED) is 0.287. The van der Waals surface area contributed by atoms with E-state index in [1.807, 2.05) is 6.07 Å². The van der Waals surface area contributed by atoms with Crippen LogP contribution in [-0.4, -0.2) is 39.8 Å². The molecule has 3 heterocycles. The number of thiazole rings is 1. The molecule has 2 aliphatic heterocycles. The van der Waals surface area contributed by atoms with Crippen molar-refractivity contribution in [3.8, 4) is 11.5 Å². The summed E-state index contributed by atoms with van der Waals surface area (Å²) in [7, 11) is 1.42. The van der Waals surface area contributed by atoms with E-state index in [1.165, 1.54) is 22.6 Å². The maximum absolute atomic E-state index is 14.0. The number of nitrogens with zero attached hydrogens (tertiary/aromatic N) is 2. The minimum atomic E-state index is -0.833. The second-order valence-corrected chi connectivity index (χ2v) is 12.5. The molecule has 3 aromatic carbocycles. The van der Waals surface area contributed by atoms with Gasteiger partial charge in [-0.05, 0) is 54.1 Å². The van der Waals surface area contributed by atoms with Crippen molar-refractivity contribution in [3.05, 3.63) is 97.4 Å². The van der Waals surface area contributed by atoms with E-state index in [0.717, 1.165) is 27.6 Å². The molecule has 3 atom stereocenters. The summed E-state index contributed by atoms with van der Waals surface area (Å²) in [6, 6.07) is 20.6. The molecule has 1 fully saturated rings. The molecule has 41 heavy (non-hydrogen) atoms. The first kappa shape index (κ1) is 27.3. The number of hydrogen-bond acceptors (Lipinski definition) is 8. The summed E-state index contributed by atoms with van der Waals surface area (Å²) >= 11 is 5.48. The van der Waals surface area contributed by atoms with Crippen LogP contribution in [0.2, 0.25) is 0 Å². The van der Waals surface area contributed by atoms with Crippen LogP contribution in [0.3, 0.4) is 0 Å². The average molecular weight is 653 g/mol. The number of amides is 3. The fourth-order valence-electron chi connectivity index (χ4n) is 5.21. The number of carbonyl (C=O) groups excluding carboxylic acids is 3. The van der Waals surface area contributed by atoms with Crippen molar-refractivity contribution in [2.45, 2.75) is 22.7 Å². The highest BCUT2D eigenvalue weighted by atomic mass is 79.9. The molecule has 12 heteroatoms. The highest BCUT2D eigenvalue weighted by molar-refractivity contribution is 9.10. The molecule has 0 saturated carbocycles. The van der Waals surface area contributed by atoms with Crippen molar-refractivity contribution >= 4 is 68.1 Å². The monoisotopic (exact) mass is 651 g/mol. The molecule has 6 rings (SSSR count). The number of benzene rings is 3. The van der Waals surface area contributed by atoms with Gasteiger partial charge >= 0.3 is 4.87 Å². The van der Waals surface area contributed by atoms with Crippen LogP contribution >= 0.6 is 39.0 Å². The number of aromatic hydroxyl groups is 1. The van der Waals surface area contributed by atoms with E-state index in [9.17, 15) is 24.3 Å². The number of hydrogen-bond donors (Lipinski definition) is 2. The van der Waals surface area contributed by atoms with Crippen molar-refractivity contribution in [3.63, 3.8) is 0 Å². The molecule has 0 radical (unpaired) electrons. The lowest BCUT2D eigenvalue weighted by Gasteiger charge is -2.31. The number of thioether (sulfide) groups is 1. The fraction of sp³-hybridized carbons (Fsp3) is 0.172. The zero-order chi connectivity index (χ0) is 28.8. The molecule has 0 bridgehead atoms. The fourth-order valence-corrected chi connectivity index (χ4v) is 8.25. The number of nitrogens with one attached hydrogen (secondary N) is 1. The van der Waals surface area contributed by atoms with Gasteiger partial charge in [0.2, 0.25) is 17.7 Å². The first-order valence-corrected chi connectivity index (χ1v) is 15.0. The van der Waals surface area contributed by atoms with Crippen LogP contribution in [0.15, 0.2) is 87.1 Å². The first-order chi connectivity index (χ1) is 19.8. The molecule has 1 aromatic heterocycles. The Hall–Kier alpha value is -3.87. The number of methoxy groups -OCH3 is 1. The van der Waals surface area contributed by atoms with Crippen LogP contribution in [0.25, 0.3) is 0 Å². The molecule has 0 unspecified atom stereocenters. The summed E-state index contributed by atoms with van der Waals surface area (Å²) in [6.07, 6.45) is 0. The van der Waals surface area contributed by atoms with Crippen molar-refractivity contribution in [1.82, 2.24) is 4.57 Å². The molecule has 0 spiro atoms. The standard InChI is InChI=1S/C29H22BrN3O6S2/c1-39-20-13-15(7-12-19(20)34)22-23-24(27(37)33(26(23)36)18-10-8-16(30)9-11-18)40-28-25(22)41-29(38)32(28)14-21(35)31-17-5-3-2-4-6-17/h2-13,22-24,34H,14H2,1H3,(H,31,35)/t22-,23+,24-/m0/s1. The number of fused-ring (bicyclic) bond motifs is 2. The number of aromatic nitrogens is 1. The van der Waals surface area contributed by atoms with E-state index in [4.69, 9.17) is 4.74 Å². The number of imide groups is 1. The van der Waals surface area contributed by atoms with E-state index in [-0.39, 0.29) is 28.8 Å². The summed E-state index contributed by atoms with van der Waals surface area (Å²) in [4.78, 5) is 55.4. The number of phenols is 1. The molecule has 2 aliphatic rings. The summed E-state index contributed by atoms with van der Waals surface area (Å²) in [5.74, 6) is -2.54.